The van der Waals surface area contributed by atoms with E-state index in [0.29, 0.717) is 12.2 Å². The first kappa shape index (κ1) is 23.0. The van der Waals surface area contributed by atoms with Gasteiger partial charge in [-0.15, -0.1) is 0 Å². The third-order valence-electron chi connectivity index (χ3n) is 3.53. The minimum atomic E-state index is -0.703. The lowest BCUT2D eigenvalue weighted by molar-refractivity contribution is -0.137. The number of carbonyl (C=O) groups is 1. The molecule has 0 aliphatic carbocycles. The Balaban J connectivity index is 3.56. The third kappa shape index (κ3) is 19.9. The van der Waals surface area contributed by atoms with Crippen LogP contribution in [0.3, 0.4) is 0 Å². The van der Waals surface area contributed by atoms with Gasteiger partial charge in [-0.05, 0) is 51.0 Å². The van der Waals surface area contributed by atoms with Crippen molar-refractivity contribution in [2.75, 3.05) is 0 Å². The number of allylic oxidation sites excluding steroid dienone is 9. The molecular weight excluding hydrogens is 312 g/mol. The Hall–Kier alpha value is -2.03. The summed E-state index contributed by atoms with van der Waals surface area (Å²) in [6.07, 6.45) is 27.0. The molecular formula is C22H34O3. The Kier molecular flexibility index (Phi) is 16.8. The molecule has 0 aliphatic heterocycles. The molecule has 0 aromatic carbocycles. The van der Waals surface area contributed by atoms with E-state index in [4.69, 9.17) is 5.11 Å². The summed E-state index contributed by atoms with van der Waals surface area (Å²) in [5.74, 6) is -0.257. The zero-order valence-electron chi connectivity index (χ0n) is 15.6. The predicted octanol–water partition coefficient (Wildman–Crippen LogP) is 6.66. The van der Waals surface area contributed by atoms with E-state index in [9.17, 15) is 9.90 Å². The highest BCUT2D eigenvalue weighted by atomic mass is 16.4. The molecule has 0 saturated heterocycles. The summed E-state index contributed by atoms with van der Waals surface area (Å²) in [6, 6.07) is 0. The first-order valence-electron chi connectivity index (χ1n) is 9.38. The standard InChI is InChI=1S/C22H34O3/c1-2-3-15-18-21(23)19-16-13-11-9-7-5-4-6-8-10-12-14-17-20-22(24)25/h3,5-9,11,15,19,23H,2,4,10,12-14,16-18,20H2,1H3,(H,24,25)/b7-5-,8-6-,11-9+,15-3-,21-19-. The zero-order valence-corrected chi connectivity index (χ0v) is 15.6. The highest BCUT2D eigenvalue weighted by Gasteiger charge is 1.94. The smallest absolute Gasteiger partial charge is 0.303 e. The maximum absolute atomic E-state index is 10.4. The molecule has 0 aromatic heterocycles. The van der Waals surface area contributed by atoms with E-state index >= 15 is 0 Å². The predicted molar refractivity (Wildman–Crippen MR) is 107 cm³/mol. The molecule has 0 bridgehead atoms. The van der Waals surface area contributed by atoms with Crippen molar-refractivity contribution in [3.05, 3.63) is 60.4 Å². The van der Waals surface area contributed by atoms with Crippen LogP contribution < -0.4 is 0 Å². The maximum Gasteiger partial charge on any atom is 0.303 e. The average Bonchev–Trinajstić information content (AvgIpc) is 2.58. The van der Waals surface area contributed by atoms with Crippen LogP contribution in [0.15, 0.2) is 60.4 Å². The highest BCUT2D eigenvalue weighted by Crippen LogP contribution is 2.05. The first-order valence-corrected chi connectivity index (χ1v) is 9.38. The Bertz CT molecular complexity index is 468. The number of aliphatic hydroxyl groups is 1. The first-order chi connectivity index (χ1) is 12.2. The van der Waals surface area contributed by atoms with E-state index in [1.54, 1.807) is 0 Å². The van der Waals surface area contributed by atoms with Gasteiger partial charge in [-0.2, -0.15) is 0 Å². The van der Waals surface area contributed by atoms with Crippen LogP contribution in [0.4, 0.5) is 0 Å². The van der Waals surface area contributed by atoms with E-state index in [-0.39, 0.29) is 6.42 Å². The molecule has 3 nitrogen and oxygen atoms in total. The summed E-state index contributed by atoms with van der Waals surface area (Å²) < 4.78 is 0. The van der Waals surface area contributed by atoms with Crippen molar-refractivity contribution in [1.29, 1.82) is 0 Å². The number of aliphatic carboxylic acids is 1. The van der Waals surface area contributed by atoms with Crippen LogP contribution in [-0.4, -0.2) is 16.2 Å². The Morgan fingerprint density at radius 3 is 2.36 bits per heavy atom. The summed E-state index contributed by atoms with van der Waals surface area (Å²) in [4.78, 5) is 10.4. The van der Waals surface area contributed by atoms with Crippen LogP contribution in [0.5, 0.6) is 0 Å². The fourth-order valence-corrected chi connectivity index (χ4v) is 2.14. The van der Waals surface area contributed by atoms with Gasteiger partial charge in [0, 0.05) is 12.8 Å². The van der Waals surface area contributed by atoms with Gasteiger partial charge in [-0.3, -0.25) is 4.79 Å². The van der Waals surface area contributed by atoms with Crippen molar-refractivity contribution in [3.63, 3.8) is 0 Å². The summed E-state index contributed by atoms with van der Waals surface area (Å²) in [5, 5.41) is 18.2. The minimum Gasteiger partial charge on any atom is -0.512 e. The van der Waals surface area contributed by atoms with Crippen LogP contribution in [-0.2, 0) is 4.79 Å². The molecule has 0 amide bonds. The molecule has 0 heterocycles. The molecule has 0 rings (SSSR count). The molecule has 140 valence electrons. The van der Waals surface area contributed by atoms with Crippen LogP contribution in [0.1, 0.15) is 71.1 Å². The zero-order chi connectivity index (χ0) is 18.6. The highest BCUT2D eigenvalue weighted by molar-refractivity contribution is 5.66. The SMILES string of the molecule is CC/C=C\C/C(O)=C/CC/C=C/C=C\C/C=C\CCCCCC(=O)O. The number of hydrogen-bond donors (Lipinski definition) is 2. The molecule has 0 aromatic rings. The molecule has 0 atom stereocenters. The molecule has 0 radical (unpaired) electrons. The summed E-state index contributed by atoms with van der Waals surface area (Å²) >= 11 is 0. The number of aliphatic hydroxyl groups excluding tert-OH is 1. The van der Waals surface area contributed by atoms with Crippen LogP contribution >= 0.6 is 0 Å². The van der Waals surface area contributed by atoms with Crippen molar-refractivity contribution in [2.45, 2.75) is 71.1 Å². The van der Waals surface area contributed by atoms with Gasteiger partial charge in [0.1, 0.15) is 0 Å². The Labute approximate surface area is 153 Å². The van der Waals surface area contributed by atoms with Crippen molar-refractivity contribution in [1.82, 2.24) is 0 Å². The van der Waals surface area contributed by atoms with Gasteiger partial charge < -0.3 is 10.2 Å². The van der Waals surface area contributed by atoms with Gasteiger partial charge in [0.15, 0.2) is 0 Å². The minimum absolute atomic E-state index is 0.282. The second-order valence-electron chi connectivity index (χ2n) is 5.91. The van der Waals surface area contributed by atoms with Crippen molar-refractivity contribution in [2.24, 2.45) is 0 Å². The number of rotatable bonds is 15. The molecule has 0 aliphatic rings. The van der Waals surface area contributed by atoms with E-state index in [1.807, 2.05) is 24.3 Å². The van der Waals surface area contributed by atoms with Gasteiger partial charge in [0.25, 0.3) is 0 Å². The molecule has 0 spiro atoms. The van der Waals surface area contributed by atoms with E-state index in [2.05, 4.69) is 37.3 Å². The average molecular weight is 347 g/mol. The van der Waals surface area contributed by atoms with Crippen LogP contribution in [0.2, 0.25) is 0 Å². The lowest BCUT2D eigenvalue weighted by Crippen LogP contribution is -1.93. The lowest BCUT2D eigenvalue weighted by Gasteiger charge is -1.94. The Morgan fingerprint density at radius 1 is 0.800 bits per heavy atom. The van der Waals surface area contributed by atoms with Gasteiger partial charge in [0.2, 0.25) is 0 Å². The molecule has 0 fully saturated rings. The number of carboxylic acid groups (broad SMARTS) is 1. The van der Waals surface area contributed by atoms with Gasteiger partial charge in [-0.1, -0.05) is 62.0 Å². The van der Waals surface area contributed by atoms with E-state index in [1.165, 1.54) is 0 Å². The molecule has 3 heteroatoms. The second kappa shape index (κ2) is 18.3. The molecule has 2 N–H and O–H groups in total. The molecule has 0 saturated carbocycles. The largest absolute Gasteiger partial charge is 0.512 e. The second-order valence-corrected chi connectivity index (χ2v) is 5.91. The van der Waals surface area contributed by atoms with Crippen LogP contribution in [0, 0.1) is 0 Å². The van der Waals surface area contributed by atoms with Crippen molar-refractivity contribution in [3.8, 4) is 0 Å². The van der Waals surface area contributed by atoms with Gasteiger partial charge >= 0.3 is 5.97 Å². The van der Waals surface area contributed by atoms with Gasteiger partial charge in [-0.25, -0.2) is 0 Å². The Morgan fingerprint density at radius 2 is 1.60 bits per heavy atom. The maximum atomic E-state index is 10.4. The quantitative estimate of drug-likeness (QED) is 0.151. The third-order valence-corrected chi connectivity index (χ3v) is 3.53. The topological polar surface area (TPSA) is 57.5 Å². The number of hydrogen-bond acceptors (Lipinski definition) is 2. The van der Waals surface area contributed by atoms with Crippen molar-refractivity contribution >= 4 is 5.97 Å². The molecule has 25 heavy (non-hydrogen) atoms. The van der Waals surface area contributed by atoms with Crippen LogP contribution in [0.25, 0.3) is 0 Å². The normalized spacial score (nSPS) is 13.1. The summed E-state index contributed by atoms with van der Waals surface area (Å²) in [7, 11) is 0. The summed E-state index contributed by atoms with van der Waals surface area (Å²) in [6.45, 7) is 2.08. The monoisotopic (exact) mass is 346 g/mol. The van der Waals surface area contributed by atoms with Crippen molar-refractivity contribution < 1.29 is 15.0 Å². The fourth-order valence-electron chi connectivity index (χ4n) is 2.14. The summed E-state index contributed by atoms with van der Waals surface area (Å²) in [5.41, 5.74) is 0. The number of carboxylic acids is 1. The van der Waals surface area contributed by atoms with Gasteiger partial charge in [0.05, 0.1) is 5.76 Å². The van der Waals surface area contributed by atoms with E-state index in [0.717, 1.165) is 51.4 Å². The fraction of sp³-hybridized carbons (Fsp3) is 0.500. The lowest BCUT2D eigenvalue weighted by atomic mass is 10.1. The number of unbranched alkanes of at least 4 members (excludes halogenated alkanes) is 4. The molecule has 0 unspecified atom stereocenters. The van der Waals surface area contributed by atoms with E-state index < -0.39 is 5.97 Å².